The normalized spacial score (nSPS) is 10.4. The van der Waals surface area contributed by atoms with Crippen molar-refractivity contribution >= 4 is 33.0 Å². The number of hydrogen-bond donors (Lipinski definition) is 0. The van der Waals surface area contributed by atoms with Gasteiger partial charge in [0.2, 0.25) is 5.78 Å². The first-order valence-electron chi connectivity index (χ1n) is 3.95. The molecule has 0 bridgehead atoms. The minimum absolute atomic E-state index is 0.0422. The lowest BCUT2D eigenvalue weighted by atomic mass is 10.3. The van der Waals surface area contributed by atoms with Crippen LogP contribution in [0.5, 0.6) is 0 Å². The Morgan fingerprint density at radius 1 is 1.64 bits per heavy atom. The number of thiophene rings is 1. The van der Waals surface area contributed by atoms with Crippen LogP contribution in [-0.4, -0.2) is 15.3 Å². The summed E-state index contributed by atoms with van der Waals surface area (Å²) in [6.45, 7) is 0. The Labute approximate surface area is 93.5 Å². The van der Waals surface area contributed by atoms with Crippen molar-refractivity contribution in [2.45, 2.75) is 0 Å². The Hall–Kier alpha value is -0.940. The molecule has 0 saturated carbocycles. The van der Waals surface area contributed by atoms with Gasteiger partial charge in [0.25, 0.3) is 0 Å². The van der Waals surface area contributed by atoms with E-state index >= 15 is 0 Å². The van der Waals surface area contributed by atoms with E-state index in [2.05, 4.69) is 20.9 Å². The first-order chi connectivity index (χ1) is 6.70. The summed E-state index contributed by atoms with van der Waals surface area (Å²) in [6.07, 6.45) is 3.38. The molecule has 2 heterocycles. The zero-order chi connectivity index (χ0) is 10.1. The predicted octanol–water partition coefficient (Wildman–Crippen LogP) is 2.48. The van der Waals surface area contributed by atoms with Crippen molar-refractivity contribution in [2.24, 2.45) is 7.05 Å². The van der Waals surface area contributed by atoms with Crippen LogP contribution in [0.15, 0.2) is 28.3 Å². The number of hydrogen-bond acceptors (Lipinski definition) is 3. The third-order valence-corrected chi connectivity index (χ3v) is 3.68. The zero-order valence-electron chi connectivity index (χ0n) is 7.40. The largest absolute Gasteiger partial charge is 0.331 e. The van der Waals surface area contributed by atoms with Gasteiger partial charge in [-0.05, 0) is 27.4 Å². The monoisotopic (exact) mass is 270 g/mol. The van der Waals surface area contributed by atoms with Gasteiger partial charge in [-0.15, -0.1) is 11.3 Å². The van der Waals surface area contributed by atoms with Gasteiger partial charge in [0.1, 0.15) is 0 Å². The summed E-state index contributed by atoms with van der Waals surface area (Å²) in [5.41, 5.74) is 0. The van der Waals surface area contributed by atoms with Crippen LogP contribution in [0.4, 0.5) is 0 Å². The minimum Gasteiger partial charge on any atom is -0.331 e. The molecule has 0 saturated heterocycles. The van der Waals surface area contributed by atoms with E-state index in [9.17, 15) is 4.79 Å². The Morgan fingerprint density at radius 2 is 2.43 bits per heavy atom. The van der Waals surface area contributed by atoms with Crippen LogP contribution in [0.1, 0.15) is 15.5 Å². The number of carbonyl (C=O) groups is 1. The number of halogens is 1. The molecule has 0 aliphatic heterocycles. The van der Waals surface area contributed by atoms with Crippen LogP contribution in [0, 0.1) is 0 Å². The van der Waals surface area contributed by atoms with E-state index in [1.807, 2.05) is 18.5 Å². The lowest BCUT2D eigenvalue weighted by Crippen LogP contribution is -2.07. The standard InChI is InChI=1S/C9H7BrN2OS/c1-12-4-3-11-9(12)7(13)8-6(10)2-5-14-8/h2-5H,1H3. The van der Waals surface area contributed by atoms with Crippen LogP contribution in [0.3, 0.4) is 0 Å². The van der Waals surface area contributed by atoms with Crippen molar-refractivity contribution in [2.75, 3.05) is 0 Å². The molecular weight excluding hydrogens is 264 g/mol. The van der Waals surface area contributed by atoms with E-state index in [0.29, 0.717) is 10.7 Å². The molecule has 2 rings (SSSR count). The fourth-order valence-corrected chi connectivity index (χ4v) is 2.63. The minimum atomic E-state index is -0.0422. The maximum Gasteiger partial charge on any atom is 0.239 e. The van der Waals surface area contributed by atoms with Gasteiger partial charge in [0.15, 0.2) is 5.82 Å². The van der Waals surface area contributed by atoms with Crippen LogP contribution in [-0.2, 0) is 7.05 Å². The molecule has 0 aromatic carbocycles. The van der Waals surface area contributed by atoms with Gasteiger partial charge in [-0.1, -0.05) is 0 Å². The molecule has 0 radical (unpaired) electrons. The van der Waals surface area contributed by atoms with Crippen LogP contribution < -0.4 is 0 Å². The maximum absolute atomic E-state index is 11.9. The highest BCUT2D eigenvalue weighted by molar-refractivity contribution is 9.10. The van der Waals surface area contributed by atoms with E-state index in [4.69, 9.17) is 0 Å². The SMILES string of the molecule is Cn1ccnc1C(=O)c1sccc1Br. The first-order valence-corrected chi connectivity index (χ1v) is 5.62. The van der Waals surface area contributed by atoms with E-state index in [1.165, 1.54) is 11.3 Å². The number of aromatic nitrogens is 2. The van der Waals surface area contributed by atoms with Crippen molar-refractivity contribution in [3.05, 3.63) is 39.0 Å². The average Bonchev–Trinajstić information content (AvgIpc) is 2.73. The predicted molar refractivity (Wildman–Crippen MR) is 58.7 cm³/mol. The van der Waals surface area contributed by atoms with Gasteiger partial charge in [0, 0.05) is 23.9 Å². The number of rotatable bonds is 2. The van der Waals surface area contributed by atoms with E-state index in [0.717, 1.165) is 4.47 Å². The van der Waals surface area contributed by atoms with Gasteiger partial charge in [-0.25, -0.2) is 4.98 Å². The third kappa shape index (κ3) is 1.53. The molecule has 0 amide bonds. The van der Waals surface area contributed by atoms with Crippen molar-refractivity contribution in [3.8, 4) is 0 Å². The Kier molecular flexibility index (Phi) is 2.52. The second kappa shape index (κ2) is 3.67. The number of aryl methyl sites for hydroxylation is 1. The molecule has 3 nitrogen and oxygen atoms in total. The van der Waals surface area contributed by atoms with Gasteiger partial charge in [-0.3, -0.25) is 4.79 Å². The van der Waals surface area contributed by atoms with Crippen LogP contribution in [0.2, 0.25) is 0 Å². The van der Waals surface area contributed by atoms with Gasteiger partial charge >= 0.3 is 0 Å². The summed E-state index contributed by atoms with van der Waals surface area (Å²) in [5.74, 6) is 0.424. The second-order valence-corrected chi connectivity index (χ2v) is 4.56. The van der Waals surface area contributed by atoms with Gasteiger partial charge < -0.3 is 4.57 Å². The number of nitrogens with zero attached hydrogens (tertiary/aromatic N) is 2. The van der Waals surface area contributed by atoms with Crippen LogP contribution in [0.25, 0.3) is 0 Å². The maximum atomic E-state index is 11.9. The molecule has 14 heavy (non-hydrogen) atoms. The molecule has 0 atom stereocenters. The Morgan fingerprint density at radius 3 is 2.93 bits per heavy atom. The second-order valence-electron chi connectivity index (χ2n) is 2.79. The number of ketones is 1. The molecule has 2 aromatic heterocycles. The van der Waals surface area contributed by atoms with Crippen molar-refractivity contribution in [3.63, 3.8) is 0 Å². The van der Waals surface area contributed by atoms with Crippen molar-refractivity contribution < 1.29 is 4.79 Å². The molecule has 0 aliphatic carbocycles. The third-order valence-electron chi connectivity index (χ3n) is 1.85. The Bertz CT molecular complexity index is 432. The highest BCUT2D eigenvalue weighted by Crippen LogP contribution is 2.24. The lowest BCUT2D eigenvalue weighted by molar-refractivity contribution is 0.102. The van der Waals surface area contributed by atoms with Gasteiger partial charge in [0.05, 0.1) is 4.88 Å². The molecule has 2 aromatic rings. The summed E-state index contributed by atoms with van der Waals surface area (Å²) in [5, 5.41) is 1.88. The van der Waals surface area contributed by atoms with Crippen molar-refractivity contribution in [1.82, 2.24) is 9.55 Å². The highest BCUT2D eigenvalue weighted by Gasteiger charge is 2.17. The highest BCUT2D eigenvalue weighted by atomic mass is 79.9. The molecule has 72 valence electrons. The van der Waals surface area contributed by atoms with Crippen LogP contribution >= 0.6 is 27.3 Å². The quantitative estimate of drug-likeness (QED) is 0.786. The molecular formula is C9H7BrN2OS. The number of imidazole rings is 1. The molecule has 0 unspecified atom stereocenters. The van der Waals surface area contributed by atoms with Gasteiger partial charge in [-0.2, -0.15) is 0 Å². The topological polar surface area (TPSA) is 34.9 Å². The zero-order valence-corrected chi connectivity index (χ0v) is 9.80. The molecule has 0 fully saturated rings. The summed E-state index contributed by atoms with van der Waals surface area (Å²) in [7, 11) is 1.81. The fraction of sp³-hybridized carbons (Fsp3) is 0.111. The molecule has 0 aliphatic rings. The summed E-state index contributed by atoms with van der Waals surface area (Å²) < 4.78 is 2.55. The summed E-state index contributed by atoms with van der Waals surface area (Å²) >= 11 is 4.74. The molecule has 0 spiro atoms. The van der Waals surface area contributed by atoms with Crippen molar-refractivity contribution in [1.29, 1.82) is 0 Å². The summed E-state index contributed by atoms with van der Waals surface area (Å²) in [6, 6.07) is 1.86. The van der Waals surface area contributed by atoms with E-state index < -0.39 is 0 Å². The first kappa shape index (κ1) is 9.61. The molecule has 5 heteroatoms. The number of carbonyl (C=O) groups excluding carboxylic acids is 1. The van der Waals surface area contributed by atoms with E-state index in [1.54, 1.807) is 17.0 Å². The average molecular weight is 271 g/mol. The lowest BCUT2D eigenvalue weighted by Gasteiger charge is -1.98. The van der Waals surface area contributed by atoms with E-state index in [-0.39, 0.29) is 5.78 Å². The Balaban J connectivity index is 2.44. The summed E-state index contributed by atoms with van der Waals surface area (Å²) in [4.78, 5) is 16.6. The molecule has 0 N–H and O–H groups in total. The fourth-order valence-electron chi connectivity index (χ4n) is 1.14. The smallest absolute Gasteiger partial charge is 0.239 e.